The van der Waals surface area contributed by atoms with E-state index in [2.05, 4.69) is 4.74 Å². The van der Waals surface area contributed by atoms with E-state index < -0.39 is 0 Å². The average molecular weight is 409 g/mol. The van der Waals surface area contributed by atoms with E-state index in [-0.39, 0.29) is 17.9 Å². The van der Waals surface area contributed by atoms with Gasteiger partial charge in [0.1, 0.15) is 0 Å². The number of carbonyl (C=O) groups is 2. The average Bonchev–Trinajstić information content (AvgIpc) is 3.41. The van der Waals surface area contributed by atoms with Gasteiger partial charge in [-0.25, -0.2) is 0 Å². The van der Waals surface area contributed by atoms with Crippen molar-refractivity contribution in [1.82, 2.24) is 0 Å². The zero-order valence-electron chi connectivity index (χ0n) is 17.1. The number of ether oxygens (including phenoxy) is 2. The lowest BCUT2D eigenvalue weighted by Crippen LogP contribution is -2.25. The van der Waals surface area contributed by atoms with Crippen LogP contribution in [-0.4, -0.2) is 26.2 Å². The molecule has 0 aliphatic heterocycles. The van der Waals surface area contributed by atoms with Crippen LogP contribution < -0.4 is 0 Å². The molecule has 0 aromatic heterocycles. The van der Waals surface area contributed by atoms with Gasteiger partial charge < -0.3 is 9.47 Å². The molecule has 1 aromatic carbocycles. The zero-order chi connectivity index (χ0) is 20.4. The summed E-state index contributed by atoms with van der Waals surface area (Å²) in [6, 6.07) is 7.74. The number of halogens is 1. The standard InChI is InChI=1S/C15H19ClO2.C8H14O2/c1-18-15(17)14(12-4-2-3-5-12)10-11-6-8-13(16)9-7-11;1-10-8(9)6-7-4-2-3-5-7/h6-9,12,14H,2-5,10H2,1H3;7H,2-6H2,1H3. The van der Waals surface area contributed by atoms with Crippen LogP contribution in [0.3, 0.4) is 0 Å². The van der Waals surface area contributed by atoms with E-state index >= 15 is 0 Å². The molecule has 1 atom stereocenters. The van der Waals surface area contributed by atoms with Gasteiger partial charge in [-0.05, 0) is 61.6 Å². The van der Waals surface area contributed by atoms with E-state index in [1.54, 1.807) is 0 Å². The summed E-state index contributed by atoms with van der Waals surface area (Å²) in [5.74, 6) is 0.975. The Morgan fingerprint density at radius 2 is 1.54 bits per heavy atom. The van der Waals surface area contributed by atoms with E-state index in [1.165, 1.54) is 52.7 Å². The third-order valence-electron chi connectivity index (χ3n) is 6.00. The molecule has 156 valence electrons. The van der Waals surface area contributed by atoms with Crippen molar-refractivity contribution in [2.75, 3.05) is 14.2 Å². The molecule has 0 N–H and O–H groups in total. The van der Waals surface area contributed by atoms with Gasteiger partial charge in [0.2, 0.25) is 0 Å². The minimum absolute atomic E-state index is 0.00123. The van der Waals surface area contributed by atoms with E-state index in [0.717, 1.165) is 29.8 Å². The predicted molar refractivity (Wildman–Crippen MR) is 111 cm³/mol. The Balaban J connectivity index is 0.000000237. The van der Waals surface area contributed by atoms with Gasteiger partial charge in [-0.1, -0.05) is 49.4 Å². The largest absolute Gasteiger partial charge is 0.469 e. The molecule has 1 unspecified atom stereocenters. The van der Waals surface area contributed by atoms with Crippen LogP contribution in [0.5, 0.6) is 0 Å². The molecule has 5 heteroatoms. The zero-order valence-corrected chi connectivity index (χ0v) is 17.9. The van der Waals surface area contributed by atoms with Crippen LogP contribution in [0.1, 0.15) is 63.4 Å². The van der Waals surface area contributed by atoms with Crippen molar-refractivity contribution in [2.45, 2.75) is 64.2 Å². The third-order valence-corrected chi connectivity index (χ3v) is 6.25. The van der Waals surface area contributed by atoms with Gasteiger partial charge in [-0.2, -0.15) is 0 Å². The van der Waals surface area contributed by atoms with Crippen molar-refractivity contribution < 1.29 is 19.1 Å². The first-order valence-corrected chi connectivity index (χ1v) is 10.8. The Hall–Kier alpha value is -1.55. The number of rotatable bonds is 6. The molecule has 1 aromatic rings. The van der Waals surface area contributed by atoms with Crippen molar-refractivity contribution in [1.29, 1.82) is 0 Å². The minimum Gasteiger partial charge on any atom is -0.469 e. The van der Waals surface area contributed by atoms with Gasteiger partial charge in [0, 0.05) is 11.4 Å². The molecule has 0 spiro atoms. The Morgan fingerprint density at radius 3 is 2.07 bits per heavy atom. The highest BCUT2D eigenvalue weighted by Gasteiger charge is 2.31. The summed E-state index contributed by atoms with van der Waals surface area (Å²) in [5, 5.41) is 0.731. The molecule has 3 rings (SSSR count). The topological polar surface area (TPSA) is 52.6 Å². The highest BCUT2D eigenvalue weighted by atomic mass is 35.5. The lowest BCUT2D eigenvalue weighted by molar-refractivity contribution is -0.147. The van der Waals surface area contributed by atoms with Crippen molar-refractivity contribution in [3.63, 3.8) is 0 Å². The Morgan fingerprint density at radius 1 is 0.964 bits per heavy atom. The Bertz CT molecular complexity index is 602. The summed E-state index contributed by atoms with van der Waals surface area (Å²) in [6.07, 6.45) is 11.2. The second-order valence-corrected chi connectivity index (χ2v) is 8.37. The van der Waals surface area contributed by atoms with Gasteiger partial charge >= 0.3 is 11.9 Å². The molecule has 0 radical (unpaired) electrons. The second kappa shape index (κ2) is 12.1. The van der Waals surface area contributed by atoms with Crippen LogP contribution in [-0.2, 0) is 25.5 Å². The molecular weight excluding hydrogens is 376 g/mol. The summed E-state index contributed by atoms with van der Waals surface area (Å²) in [5.41, 5.74) is 1.15. The maximum absolute atomic E-state index is 11.9. The quantitative estimate of drug-likeness (QED) is 0.574. The fourth-order valence-corrected chi connectivity index (χ4v) is 4.49. The molecule has 0 amide bonds. The molecule has 2 fully saturated rings. The molecule has 2 aliphatic carbocycles. The Kier molecular flexibility index (Phi) is 9.83. The molecule has 2 aliphatic rings. The molecule has 4 nitrogen and oxygen atoms in total. The number of methoxy groups -OCH3 is 2. The number of hydrogen-bond donors (Lipinski definition) is 0. The van der Waals surface area contributed by atoms with E-state index in [1.807, 2.05) is 24.3 Å². The van der Waals surface area contributed by atoms with Gasteiger partial charge in [0.25, 0.3) is 0 Å². The van der Waals surface area contributed by atoms with Crippen molar-refractivity contribution in [2.24, 2.45) is 17.8 Å². The summed E-state index contributed by atoms with van der Waals surface area (Å²) < 4.78 is 9.53. The number of benzene rings is 1. The van der Waals surface area contributed by atoms with Crippen LogP contribution in [0.15, 0.2) is 24.3 Å². The van der Waals surface area contributed by atoms with E-state index in [4.69, 9.17) is 16.3 Å². The molecule has 28 heavy (non-hydrogen) atoms. The minimum atomic E-state index is -0.0724. The van der Waals surface area contributed by atoms with Crippen molar-refractivity contribution in [3.05, 3.63) is 34.9 Å². The predicted octanol–water partition coefficient (Wildman–Crippen LogP) is 5.60. The number of esters is 2. The fraction of sp³-hybridized carbons (Fsp3) is 0.652. The van der Waals surface area contributed by atoms with Crippen molar-refractivity contribution >= 4 is 23.5 Å². The molecule has 2 saturated carbocycles. The van der Waals surface area contributed by atoms with Crippen LogP contribution >= 0.6 is 11.6 Å². The van der Waals surface area contributed by atoms with Crippen LogP contribution in [0, 0.1) is 17.8 Å². The molecule has 0 bridgehead atoms. The van der Waals surface area contributed by atoms with E-state index in [0.29, 0.717) is 18.3 Å². The summed E-state index contributed by atoms with van der Waals surface area (Å²) >= 11 is 5.87. The second-order valence-electron chi connectivity index (χ2n) is 7.94. The molecule has 0 heterocycles. The highest BCUT2D eigenvalue weighted by molar-refractivity contribution is 6.30. The van der Waals surface area contributed by atoms with E-state index in [9.17, 15) is 9.59 Å². The van der Waals surface area contributed by atoms with Gasteiger partial charge in [-0.15, -0.1) is 0 Å². The number of carbonyl (C=O) groups excluding carboxylic acids is 2. The Labute approximate surface area is 173 Å². The van der Waals surface area contributed by atoms with Gasteiger partial charge in [-0.3, -0.25) is 9.59 Å². The van der Waals surface area contributed by atoms with Crippen molar-refractivity contribution in [3.8, 4) is 0 Å². The summed E-state index contributed by atoms with van der Waals surface area (Å²) in [6.45, 7) is 0. The molecule has 0 saturated heterocycles. The third kappa shape index (κ3) is 7.46. The lowest BCUT2D eigenvalue weighted by atomic mass is 9.85. The monoisotopic (exact) mass is 408 g/mol. The summed E-state index contributed by atoms with van der Waals surface area (Å²) in [4.78, 5) is 22.7. The summed E-state index contributed by atoms with van der Waals surface area (Å²) in [7, 11) is 2.93. The first-order chi connectivity index (χ1) is 13.5. The SMILES string of the molecule is COC(=O)C(Cc1ccc(Cl)cc1)C1CCCC1.COC(=O)CC1CCCC1. The fourth-order valence-electron chi connectivity index (χ4n) is 4.36. The van der Waals surface area contributed by atoms with Crippen LogP contribution in [0.25, 0.3) is 0 Å². The molecular formula is C23H33ClO4. The van der Waals surface area contributed by atoms with Gasteiger partial charge in [0.05, 0.1) is 20.1 Å². The number of hydrogen-bond acceptors (Lipinski definition) is 4. The lowest BCUT2D eigenvalue weighted by Gasteiger charge is -2.21. The smallest absolute Gasteiger partial charge is 0.309 e. The first-order valence-electron chi connectivity index (χ1n) is 10.4. The van der Waals surface area contributed by atoms with Crippen LogP contribution in [0.4, 0.5) is 0 Å². The highest BCUT2D eigenvalue weighted by Crippen LogP contribution is 2.34. The maximum atomic E-state index is 11.9. The maximum Gasteiger partial charge on any atom is 0.309 e. The first kappa shape index (κ1) is 22.7. The normalized spacial score (nSPS) is 18.2. The van der Waals surface area contributed by atoms with Gasteiger partial charge in [0.15, 0.2) is 0 Å². The van der Waals surface area contributed by atoms with Crippen LogP contribution in [0.2, 0.25) is 5.02 Å².